The van der Waals surface area contributed by atoms with Gasteiger partial charge in [-0.1, -0.05) is 12.2 Å². The summed E-state index contributed by atoms with van der Waals surface area (Å²) < 4.78 is 4.70. The van der Waals surface area contributed by atoms with E-state index in [-0.39, 0.29) is 17.9 Å². The lowest BCUT2D eigenvalue weighted by molar-refractivity contribution is -0.154. The fraction of sp³-hybridized carbons (Fsp3) is 0.600. The highest BCUT2D eigenvalue weighted by molar-refractivity contribution is 6.01. The maximum Gasteiger partial charge on any atom is 0.324 e. The average Bonchev–Trinajstić information content (AvgIpc) is 2.42. The molecule has 0 N–H and O–H groups in total. The zero-order valence-corrected chi connectivity index (χ0v) is 7.16. The molecule has 0 radical (unpaired) electrons. The molecule has 3 nitrogen and oxygen atoms in total. The molecule has 0 amide bonds. The van der Waals surface area contributed by atoms with E-state index in [9.17, 15) is 9.59 Å². The van der Waals surface area contributed by atoms with Gasteiger partial charge in [0.1, 0.15) is 0 Å². The molecule has 1 saturated heterocycles. The first kappa shape index (κ1) is 7.30. The van der Waals surface area contributed by atoms with Crippen molar-refractivity contribution in [3.63, 3.8) is 0 Å². The monoisotopic (exact) mass is 178 g/mol. The predicted octanol–water partition coefficient (Wildman–Crippen LogP) is 1.04. The Bertz CT molecular complexity index is 331. The van der Waals surface area contributed by atoms with Gasteiger partial charge in [-0.05, 0) is 25.2 Å². The maximum absolute atomic E-state index is 11.5. The SMILES string of the molecule is O=C1OC(=O)C23C=CC(CC2)CC13. The molecule has 0 aromatic heterocycles. The molecular formula is C10H10O3. The van der Waals surface area contributed by atoms with Crippen LogP contribution in [0.2, 0.25) is 0 Å². The van der Waals surface area contributed by atoms with E-state index in [1.807, 2.05) is 6.08 Å². The molecule has 13 heavy (non-hydrogen) atoms. The van der Waals surface area contributed by atoms with Gasteiger partial charge in [0.2, 0.25) is 0 Å². The molecule has 3 atom stereocenters. The van der Waals surface area contributed by atoms with Crippen molar-refractivity contribution in [2.24, 2.45) is 17.3 Å². The van der Waals surface area contributed by atoms with Gasteiger partial charge < -0.3 is 4.74 Å². The highest BCUT2D eigenvalue weighted by atomic mass is 16.6. The zero-order chi connectivity index (χ0) is 9.05. The number of cyclic esters (lactones) is 2. The molecule has 4 aliphatic rings. The summed E-state index contributed by atoms with van der Waals surface area (Å²) in [6, 6.07) is 0. The lowest BCUT2D eigenvalue weighted by Crippen LogP contribution is -2.40. The van der Waals surface area contributed by atoms with Gasteiger partial charge >= 0.3 is 11.9 Å². The third-order valence-electron chi connectivity index (χ3n) is 3.61. The molecular weight excluding hydrogens is 168 g/mol. The second-order valence-electron chi connectivity index (χ2n) is 4.20. The van der Waals surface area contributed by atoms with Crippen molar-refractivity contribution in [3.8, 4) is 0 Å². The number of fused-ring (bicyclic) bond motifs is 1. The summed E-state index contributed by atoms with van der Waals surface area (Å²) in [5, 5.41) is 0. The Morgan fingerprint density at radius 1 is 1.46 bits per heavy atom. The van der Waals surface area contributed by atoms with Crippen molar-refractivity contribution < 1.29 is 14.3 Å². The fourth-order valence-electron chi connectivity index (χ4n) is 2.79. The Labute approximate surface area is 75.8 Å². The van der Waals surface area contributed by atoms with Crippen molar-refractivity contribution in [2.45, 2.75) is 19.3 Å². The van der Waals surface area contributed by atoms with Gasteiger partial charge in [0.25, 0.3) is 0 Å². The van der Waals surface area contributed by atoms with Crippen LogP contribution in [0.25, 0.3) is 0 Å². The van der Waals surface area contributed by atoms with Crippen LogP contribution in [-0.4, -0.2) is 11.9 Å². The number of hydrogen-bond donors (Lipinski definition) is 0. The first-order valence-electron chi connectivity index (χ1n) is 4.68. The molecule has 0 aromatic rings. The number of esters is 2. The molecule has 1 aliphatic heterocycles. The molecule has 1 spiro atoms. The van der Waals surface area contributed by atoms with Crippen LogP contribution in [0.5, 0.6) is 0 Å². The van der Waals surface area contributed by atoms with Crippen LogP contribution in [-0.2, 0) is 14.3 Å². The Hall–Kier alpha value is -1.12. The van der Waals surface area contributed by atoms with E-state index in [2.05, 4.69) is 6.08 Å². The van der Waals surface area contributed by atoms with Crippen molar-refractivity contribution in [3.05, 3.63) is 12.2 Å². The zero-order valence-electron chi connectivity index (χ0n) is 7.16. The molecule has 2 fully saturated rings. The highest BCUT2D eigenvalue weighted by Gasteiger charge is 2.59. The summed E-state index contributed by atoms with van der Waals surface area (Å²) in [7, 11) is 0. The number of ether oxygens (including phenoxy) is 1. The van der Waals surface area contributed by atoms with Crippen LogP contribution >= 0.6 is 0 Å². The minimum absolute atomic E-state index is 0.177. The predicted molar refractivity (Wildman–Crippen MR) is 43.5 cm³/mol. The van der Waals surface area contributed by atoms with Crippen LogP contribution in [0.4, 0.5) is 0 Å². The third-order valence-corrected chi connectivity index (χ3v) is 3.61. The van der Waals surface area contributed by atoms with Gasteiger partial charge in [0.05, 0.1) is 11.3 Å². The van der Waals surface area contributed by atoms with E-state index in [1.54, 1.807) is 0 Å². The standard InChI is InChI=1S/C10H10O3/c11-8-7-5-6-1-3-10(7,4-2-6)9(12)13-8/h1,3,6-7H,2,4-5H2. The van der Waals surface area contributed by atoms with Gasteiger partial charge in [0, 0.05) is 0 Å². The van der Waals surface area contributed by atoms with Crippen molar-refractivity contribution in [1.29, 1.82) is 0 Å². The largest absolute Gasteiger partial charge is 0.392 e. The summed E-state index contributed by atoms with van der Waals surface area (Å²) in [4.78, 5) is 22.8. The van der Waals surface area contributed by atoms with Crippen LogP contribution < -0.4 is 0 Å². The van der Waals surface area contributed by atoms with Crippen LogP contribution in [0.1, 0.15) is 19.3 Å². The smallest absolute Gasteiger partial charge is 0.324 e. The Kier molecular flexibility index (Phi) is 1.14. The summed E-state index contributed by atoms with van der Waals surface area (Å²) >= 11 is 0. The molecule has 1 saturated carbocycles. The molecule has 3 heteroatoms. The van der Waals surface area contributed by atoms with Crippen LogP contribution in [0.3, 0.4) is 0 Å². The number of carbonyl (C=O) groups is 2. The number of allylic oxidation sites excluding steroid dienone is 1. The maximum atomic E-state index is 11.5. The van der Waals surface area contributed by atoms with Crippen molar-refractivity contribution in [1.82, 2.24) is 0 Å². The summed E-state index contributed by atoms with van der Waals surface area (Å²) in [6.45, 7) is 0. The van der Waals surface area contributed by atoms with E-state index in [1.165, 1.54) is 0 Å². The minimum atomic E-state index is -0.564. The number of hydrogen-bond acceptors (Lipinski definition) is 3. The molecule has 4 rings (SSSR count). The van der Waals surface area contributed by atoms with Gasteiger partial charge in [-0.25, -0.2) is 0 Å². The highest BCUT2D eigenvalue weighted by Crippen LogP contribution is 2.53. The molecule has 3 unspecified atom stereocenters. The van der Waals surface area contributed by atoms with E-state index >= 15 is 0 Å². The van der Waals surface area contributed by atoms with Crippen molar-refractivity contribution >= 4 is 11.9 Å². The fourth-order valence-corrected chi connectivity index (χ4v) is 2.79. The van der Waals surface area contributed by atoms with Crippen LogP contribution in [0, 0.1) is 17.3 Å². The Morgan fingerprint density at radius 3 is 2.92 bits per heavy atom. The van der Waals surface area contributed by atoms with Crippen molar-refractivity contribution in [2.75, 3.05) is 0 Å². The topological polar surface area (TPSA) is 43.4 Å². The second kappa shape index (κ2) is 2.03. The second-order valence-corrected chi connectivity index (χ2v) is 4.20. The first-order chi connectivity index (χ1) is 6.22. The lowest BCUT2D eigenvalue weighted by Gasteiger charge is -2.39. The van der Waals surface area contributed by atoms with Gasteiger partial charge in [-0.3, -0.25) is 9.59 Å². The van der Waals surface area contributed by atoms with Gasteiger partial charge in [-0.15, -0.1) is 0 Å². The molecule has 68 valence electrons. The van der Waals surface area contributed by atoms with E-state index in [0.717, 1.165) is 19.3 Å². The quantitative estimate of drug-likeness (QED) is 0.316. The normalized spacial score (nSPS) is 46.5. The Morgan fingerprint density at radius 2 is 2.31 bits per heavy atom. The minimum Gasteiger partial charge on any atom is -0.392 e. The van der Waals surface area contributed by atoms with Crippen LogP contribution in [0.15, 0.2) is 12.2 Å². The molecule has 3 aliphatic carbocycles. The number of rotatable bonds is 0. The Balaban J connectivity index is 2.15. The summed E-state index contributed by atoms with van der Waals surface area (Å²) in [5.74, 6) is -0.315. The van der Waals surface area contributed by atoms with Gasteiger partial charge in [-0.2, -0.15) is 0 Å². The van der Waals surface area contributed by atoms with Gasteiger partial charge in [0.15, 0.2) is 0 Å². The lowest BCUT2D eigenvalue weighted by atomic mass is 9.60. The third kappa shape index (κ3) is 0.705. The van der Waals surface area contributed by atoms with E-state index < -0.39 is 5.41 Å². The molecule has 2 bridgehead atoms. The average molecular weight is 178 g/mol. The number of carbonyl (C=O) groups excluding carboxylic acids is 2. The molecule has 0 aromatic carbocycles. The molecule has 1 heterocycles. The summed E-state index contributed by atoms with van der Waals surface area (Å²) in [6.07, 6.45) is 6.60. The van der Waals surface area contributed by atoms with E-state index in [4.69, 9.17) is 4.74 Å². The summed E-state index contributed by atoms with van der Waals surface area (Å²) in [5.41, 5.74) is -0.564. The first-order valence-corrected chi connectivity index (χ1v) is 4.68. The van der Waals surface area contributed by atoms with E-state index in [0.29, 0.717) is 5.92 Å².